The fourth-order valence-electron chi connectivity index (χ4n) is 1.60. The molecule has 2 rings (SSSR count). The molecule has 2 aromatic rings. The molecule has 0 fully saturated rings. The van der Waals surface area contributed by atoms with Crippen LogP contribution in [0.15, 0.2) is 30.6 Å². The fourth-order valence-corrected chi connectivity index (χ4v) is 1.60. The molecule has 100 valence electrons. The largest absolute Gasteiger partial charge is 0.459 e. The van der Waals surface area contributed by atoms with Gasteiger partial charge in [0.05, 0.1) is 11.9 Å². The van der Waals surface area contributed by atoms with E-state index < -0.39 is 5.97 Å². The van der Waals surface area contributed by atoms with E-state index in [2.05, 4.69) is 5.10 Å². The van der Waals surface area contributed by atoms with Gasteiger partial charge in [-0.05, 0) is 30.2 Å². The monoisotopic (exact) mass is 263 g/mol. The molecular weight excluding hydrogens is 249 g/mol. The topological polar surface area (TPSA) is 70.1 Å². The zero-order chi connectivity index (χ0) is 13.8. The van der Waals surface area contributed by atoms with Crippen molar-refractivity contribution in [1.29, 1.82) is 0 Å². The fraction of sp³-hybridized carbons (Fsp3) is 0.231. The Bertz CT molecular complexity index is 595. The van der Waals surface area contributed by atoms with Gasteiger partial charge in [0.1, 0.15) is 19.0 Å². The van der Waals surface area contributed by atoms with E-state index in [1.54, 1.807) is 6.07 Å². The number of ether oxygens (including phenoxy) is 1. The van der Waals surface area contributed by atoms with E-state index in [-0.39, 0.29) is 19.0 Å². The first kappa shape index (κ1) is 13.1. The van der Waals surface area contributed by atoms with Crippen molar-refractivity contribution in [2.45, 2.75) is 20.1 Å². The summed E-state index contributed by atoms with van der Waals surface area (Å²) in [7, 11) is 0. The van der Waals surface area contributed by atoms with Crippen LogP contribution in [0.1, 0.15) is 11.1 Å². The molecule has 19 heavy (non-hydrogen) atoms. The van der Waals surface area contributed by atoms with Crippen molar-refractivity contribution in [2.75, 3.05) is 5.73 Å². The molecule has 0 spiro atoms. The third-order valence-electron chi connectivity index (χ3n) is 2.64. The number of rotatable bonds is 4. The third kappa shape index (κ3) is 3.54. The van der Waals surface area contributed by atoms with E-state index in [1.165, 1.54) is 29.2 Å². The molecule has 1 aromatic carbocycles. The lowest BCUT2D eigenvalue weighted by Gasteiger charge is -2.07. The van der Waals surface area contributed by atoms with Gasteiger partial charge in [-0.15, -0.1) is 0 Å². The Morgan fingerprint density at radius 1 is 1.53 bits per heavy atom. The van der Waals surface area contributed by atoms with Gasteiger partial charge in [0.15, 0.2) is 0 Å². The van der Waals surface area contributed by atoms with Gasteiger partial charge in [0, 0.05) is 6.20 Å². The van der Waals surface area contributed by atoms with E-state index in [0.717, 1.165) is 5.56 Å². The Morgan fingerprint density at radius 3 is 3.00 bits per heavy atom. The number of nitrogens with zero attached hydrogens (tertiary/aromatic N) is 2. The minimum Gasteiger partial charge on any atom is -0.459 e. The molecule has 5 nitrogen and oxygen atoms in total. The summed E-state index contributed by atoms with van der Waals surface area (Å²) >= 11 is 0. The number of benzene rings is 1. The third-order valence-corrected chi connectivity index (χ3v) is 2.64. The second-order valence-electron chi connectivity index (χ2n) is 4.20. The van der Waals surface area contributed by atoms with Crippen molar-refractivity contribution in [3.63, 3.8) is 0 Å². The maximum absolute atomic E-state index is 13.1. The number of esters is 1. The molecule has 0 unspecified atom stereocenters. The van der Waals surface area contributed by atoms with Gasteiger partial charge in [-0.25, -0.2) is 4.39 Å². The zero-order valence-electron chi connectivity index (χ0n) is 10.5. The standard InChI is InChI=1S/C13H14FN3O2/c1-9-2-3-11(14)4-10(9)8-19-13(18)7-17-6-12(15)5-16-17/h2-6H,7-8,15H2,1H3. The molecule has 0 aliphatic rings. The Balaban J connectivity index is 1.91. The molecule has 0 saturated heterocycles. The smallest absolute Gasteiger partial charge is 0.328 e. The van der Waals surface area contributed by atoms with Gasteiger partial charge in [-0.3, -0.25) is 9.48 Å². The predicted octanol–water partition coefficient (Wildman–Crippen LogP) is 1.66. The molecule has 0 atom stereocenters. The number of anilines is 1. The first-order valence-corrected chi connectivity index (χ1v) is 5.73. The normalized spacial score (nSPS) is 10.4. The van der Waals surface area contributed by atoms with E-state index in [9.17, 15) is 9.18 Å². The maximum atomic E-state index is 13.1. The minimum absolute atomic E-state index is 0.0223. The highest BCUT2D eigenvalue weighted by Crippen LogP contribution is 2.11. The minimum atomic E-state index is -0.452. The second-order valence-corrected chi connectivity index (χ2v) is 4.20. The number of carbonyl (C=O) groups is 1. The molecule has 0 radical (unpaired) electrons. The summed E-state index contributed by atoms with van der Waals surface area (Å²) in [5.41, 5.74) is 7.48. The molecule has 0 saturated carbocycles. The molecule has 0 aliphatic heterocycles. The highest BCUT2D eigenvalue weighted by molar-refractivity contribution is 5.69. The van der Waals surface area contributed by atoms with Crippen LogP contribution in [0.3, 0.4) is 0 Å². The van der Waals surface area contributed by atoms with Crippen molar-refractivity contribution in [1.82, 2.24) is 9.78 Å². The Kier molecular flexibility index (Phi) is 3.79. The van der Waals surface area contributed by atoms with Gasteiger partial charge in [0.25, 0.3) is 0 Å². The summed E-state index contributed by atoms with van der Waals surface area (Å²) in [4.78, 5) is 11.6. The SMILES string of the molecule is Cc1ccc(F)cc1COC(=O)Cn1cc(N)cn1. The van der Waals surface area contributed by atoms with Crippen LogP contribution < -0.4 is 5.73 Å². The Labute approximate surface area is 109 Å². The van der Waals surface area contributed by atoms with E-state index >= 15 is 0 Å². The predicted molar refractivity (Wildman–Crippen MR) is 67.6 cm³/mol. The molecule has 1 heterocycles. The van der Waals surface area contributed by atoms with Crippen molar-refractivity contribution in [3.8, 4) is 0 Å². The van der Waals surface area contributed by atoms with E-state index in [1.807, 2.05) is 6.92 Å². The van der Waals surface area contributed by atoms with Crippen LogP contribution in [-0.4, -0.2) is 15.7 Å². The van der Waals surface area contributed by atoms with Crippen molar-refractivity contribution >= 4 is 11.7 Å². The van der Waals surface area contributed by atoms with Gasteiger partial charge in [0.2, 0.25) is 0 Å². The summed E-state index contributed by atoms with van der Waals surface area (Å²) in [6.45, 7) is 1.85. The molecule has 1 aromatic heterocycles. The Hall–Kier alpha value is -2.37. The highest BCUT2D eigenvalue weighted by atomic mass is 19.1. The number of aryl methyl sites for hydroxylation is 1. The van der Waals surface area contributed by atoms with Crippen LogP contribution in [0.25, 0.3) is 0 Å². The van der Waals surface area contributed by atoms with Crippen molar-refractivity contribution in [3.05, 3.63) is 47.5 Å². The second kappa shape index (κ2) is 5.51. The summed E-state index contributed by atoms with van der Waals surface area (Å²) in [5.74, 6) is -0.803. The summed E-state index contributed by atoms with van der Waals surface area (Å²) in [6.07, 6.45) is 2.98. The average molecular weight is 263 g/mol. The van der Waals surface area contributed by atoms with Crippen LogP contribution in [-0.2, 0) is 22.7 Å². The van der Waals surface area contributed by atoms with Gasteiger partial charge in [-0.1, -0.05) is 6.07 Å². The van der Waals surface area contributed by atoms with Gasteiger partial charge in [-0.2, -0.15) is 5.10 Å². The Morgan fingerprint density at radius 2 is 2.32 bits per heavy atom. The van der Waals surface area contributed by atoms with Crippen molar-refractivity contribution < 1.29 is 13.9 Å². The number of hydrogen-bond donors (Lipinski definition) is 1. The maximum Gasteiger partial charge on any atom is 0.328 e. The van der Waals surface area contributed by atoms with Crippen LogP contribution >= 0.6 is 0 Å². The lowest BCUT2D eigenvalue weighted by Crippen LogP contribution is -2.14. The summed E-state index contributed by atoms with van der Waals surface area (Å²) in [6, 6.07) is 4.37. The highest BCUT2D eigenvalue weighted by Gasteiger charge is 2.07. The summed E-state index contributed by atoms with van der Waals surface area (Å²) < 4.78 is 19.5. The quantitative estimate of drug-likeness (QED) is 0.852. The molecule has 0 bridgehead atoms. The molecular formula is C13H14FN3O2. The van der Waals surface area contributed by atoms with Crippen LogP contribution in [0, 0.1) is 12.7 Å². The van der Waals surface area contributed by atoms with Crippen LogP contribution in [0.4, 0.5) is 10.1 Å². The number of nitrogens with two attached hydrogens (primary N) is 1. The first-order chi connectivity index (χ1) is 9.04. The molecule has 0 amide bonds. The average Bonchev–Trinajstić information content (AvgIpc) is 2.76. The van der Waals surface area contributed by atoms with Crippen molar-refractivity contribution in [2.24, 2.45) is 0 Å². The van der Waals surface area contributed by atoms with Gasteiger partial charge >= 0.3 is 5.97 Å². The first-order valence-electron chi connectivity index (χ1n) is 5.73. The number of nitrogen functional groups attached to an aromatic ring is 1. The van der Waals surface area contributed by atoms with E-state index in [4.69, 9.17) is 10.5 Å². The lowest BCUT2D eigenvalue weighted by molar-refractivity contribution is -0.145. The number of carbonyl (C=O) groups excluding carboxylic acids is 1. The lowest BCUT2D eigenvalue weighted by atomic mass is 10.1. The molecule has 6 heteroatoms. The van der Waals surface area contributed by atoms with E-state index in [0.29, 0.717) is 11.3 Å². The molecule has 0 aliphatic carbocycles. The molecule has 2 N–H and O–H groups in total. The number of halogens is 1. The van der Waals surface area contributed by atoms with Crippen LogP contribution in [0.5, 0.6) is 0 Å². The number of aromatic nitrogens is 2. The van der Waals surface area contributed by atoms with Crippen LogP contribution in [0.2, 0.25) is 0 Å². The summed E-state index contributed by atoms with van der Waals surface area (Å²) in [5, 5.41) is 3.87. The zero-order valence-corrected chi connectivity index (χ0v) is 10.5. The van der Waals surface area contributed by atoms with Gasteiger partial charge < -0.3 is 10.5 Å². The number of hydrogen-bond acceptors (Lipinski definition) is 4.